The highest BCUT2D eigenvalue weighted by Gasteiger charge is 2.27. The Hall–Kier alpha value is -0.780. The first-order valence-corrected chi connectivity index (χ1v) is 7.86. The lowest BCUT2D eigenvalue weighted by Crippen LogP contribution is -2.23. The highest BCUT2D eigenvalue weighted by molar-refractivity contribution is 5.10. The molecule has 2 saturated carbocycles. The van der Waals surface area contributed by atoms with E-state index in [1.165, 1.54) is 57.8 Å². The Labute approximate surface area is 113 Å². The van der Waals surface area contributed by atoms with Crippen molar-refractivity contribution < 1.29 is 0 Å². The topological polar surface area (TPSA) is 0 Å². The summed E-state index contributed by atoms with van der Waals surface area (Å²) < 4.78 is 0. The Bertz CT molecular complexity index is 283. The van der Waals surface area contributed by atoms with Crippen molar-refractivity contribution in [1.29, 1.82) is 0 Å². The van der Waals surface area contributed by atoms with Gasteiger partial charge in [0, 0.05) is 0 Å². The van der Waals surface area contributed by atoms with E-state index < -0.39 is 0 Å². The minimum Gasteiger partial charge on any atom is -0.0991 e. The third-order valence-electron chi connectivity index (χ3n) is 4.87. The Balaban J connectivity index is 1.72. The smallest absolute Gasteiger partial charge is 0.0230 e. The van der Waals surface area contributed by atoms with Crippen LogP contribution in [0.1, 0.15) is 57.8 Å². The number of hydrogen-bond acceptors (Lipinski definition) is 0. The lowest BCUT2D eigenvalue weighted by atomic mass is 9.71. The third kappa shape index (κ3) is 4.15. The zero-order valence-corrected chi connectivity index (χ0v) is 11.7. The molecular formula is C18H28. The van der Waals surface area contributed by atoms with E-state index in [0.29, 0.717) is 0 Å². The molecule has 2 aliphatic carbocycles. The van der Waals surface area contributed by atoms with Crippen molar-refractivity contribution in [1.82, 2.24) is 0 Å². The molecule has 0 aromatic carbocycles. The fraction of sp³-hybridized carbons (Fsp3) is 0.667. The molecule has 0 bridgehead atoms. The number of allylic oxidation sites excluding steroid dienone is 5. The molecule has 18 heavy (non-hydrogen) atoms. The summed E-state index contributed by atoms with van der Waals surface area (Å²) in [5.74, 6) is 2.96. The minimum absolute atomic E-state index is 0.833. The predicted molar refractivity (Wildman–Crippen MR) is 80.5 cm³/mol. The minimum atomic E-state index is 0.833. The maximum atomic E-state index is 3.69. The van der Waals surface area contributed by atoms with E-state index in [1.807, 2.05) is 12.2 Å². The van der Waals surface area contributed by atoms with Gasteiger partial charge < -0.3 is 0 Å². The van der Waals surface area contributed by atoms with Gasteiger partial charge in [-0.05, 0) is 43.4 Å². The molecule has 0 aliphatic heterocycles. The molecule has 0 saturated heterocycles. The summed E-state index contributed by atoms with van der Waals surface area (Å²) >= 11 is 0. The molecule has 0 amide bonds. The van der Waals surface area contributed by atoms with Gasteiger partial charge in [-0.15, -0.1) is 0 Å². The Morgan fingerprint density at radius 2 is 1.33 bits per heavy atom. The van der Waals surface area contributed by atoms with Gasteiger partial charge in [0.2, 0.25) is 0 Å². The molecule has 0 unspecified atom stereocenters. The van der Waals surface area contributed by atoms with E-state index in [9.17, 15) is 0 Å². The summed E-state index contributed by atoms with van der Waals surface area (Å²) in [4.78, 5) is 0. The molecule has 0 heterocycles. The summed E-state index contributed by atoms with van der Waals surface area (Å²) in [5, 5.41) is 0. The van der Waals surface area contributed by atoms with Crippen molar-refractivity contribution in [2.24, 2.45) is 17.8 Å². The summed E-state index contributed by atoms with van der Waals surface area (Å²) in [7, 11) is 0. The van der Waals surface area contributed by atoms with Gasteiger partial charge >= 0.3 is 0 Å². The van der Waals surface area contributed by atoms with Gasteiger partial charge in [-0.3, -0.25) is 0 Å². The highest BCUT2D eigenvalue weighted by atomic mass is 14.3. The van der Waals surface area contributed by atoms with Gasteiger partial charge in [0.15, 0.2) is 0 Å². The van der Waals surface area contributed by atoms with Crippen LogP contribution in [-0.2, 0) is 0 Å². The third-order valence-corrected chi connectivity index (χ3v) is 4.87. The number of rotatable bonds is 4. The normalized spacial score (nSPS) is 31.1. The zero-order valence-electron chi connectivity index (χ0n) is 11.7. The molecule has 0 heteroatoms. The van der Waals surface area contributed by atoms with E-state index >= 15 is 0 Å². The summed E-state index contributed by atoms with van der Waals surface area (Å²) in [6, 6.07) is 0. The Kier molecular flexibility index (Phi) is 5.77. The monoisotopic (exact) mass is 244 g/mol. The van der Waals surface area contributed by atoms with Crippen LogP contribution in [-0.4, -0.2) is 0 Å². The van der Waals surface area contributed by atoms with Crippen LogP contribution >= 0.6 is 0 Å². The van der Waals surface area contributed by atoms with Crippen LogP contribution in [0.2, 0.25) is 0 Å². The lowest BCUT2D eigenvalue weighted by molar-refractivity contribution is 0.180. The molecule has 0 nitrogen and oxygen atoms in total. The van der Waals surface area contributed by atoms with Crippen LogP contribution in [0.3, 0.4) is 0 Å². The summed E-state index contributed by atoms with van der Waals surface area (Å²) in [6.07, 6.45) is 23.9. The molecule has 0 spiro atoms. The van der Waals surface area contributed by atoms with Gasteiger partial charge in [-0.25, -0.2) is 0 Å². The van der Waals surface area contributed by atoms with E-state index in [4.69, 9.17) is 0 Å². The SMILES string of the molecule is C=C/C=C\C=C\C1CCC(C2CCCCC2)CC1. The van der Waals surface area contributed by atoms with Crippen LogP contribution in [0.15, 0.2) is 37.0 Å². The quantitative estimate of drug-likeness (QED) is 0.559. The molecule has 0 radical (unpaired) electrons. The maximum absolute atomic E-state index is 3.69. The molecule has 0 aromatic rings. The van der Waals surface area contributed by atoms with Crippen LogP contribution in [0.25, 0.3) is 0 Å². The fourth-order valence-corrected chi connectivity index (χ4v) is 3.78. The second-order valence-electron chi connectivity index (χ2n) is 6.08. The van der Waals surface area contributed by atoms with E-state index in [2.05, 4.69) is 24.8 Å². The van der Waals surface area contributed by atoms with Crippen LogP contribution in [0, 0.1) is 17.8 Å². The largest absolute Gasteiger partial charge is 0.0991 e. The predicted octanol–water partition coefficient (Wildman–Crippen LogP) is 5.67. The van der Waals surface area contributed by atoms with Gasteiger partial charge in [0.25, 0.3) is 0 Å². The molecule has 0 N–H and O–H groups in total. The molecule has 2 aliphatic rings. The molecule has 0 atom stereocenters. The molecule has 0 aromatic heterocycles. The van der Waals surface area contributed by atoms with Crippen molar-refractivity contribution in [3.63, 3.8) is 0 Å². The standard InChI is InChI=1S/C18H28/c1-2-3-4-6-9-16-12-14-18(15-13-16)17-10-7-5-8-11-17/h2-4,6,9,16-18H,1,5,7-8,10-15H2/b4-3-,9-6+. The van der Waals surface area contributed by atoms with Gasteiger partial charge in [0.05, 0.1) is 0 Å². The van der Waals surface area contributed by atoms with Crippen molar-refractivity contribution >= 4 is 0 Å². The van der Waals surface area contributed by atoms with Crippen LogP contribution in [0.5, 0.6) is 0 Å². The van der Waals surface area contributed by atoms with Crippen LogP contribution < -0.4 is 0 Å². The van der Waals surface area contributed by atoms with Gasteiger partial charge in [0.1, 0.15) is 0 Å². The van der Waals surface area contributed by atoms with Crippen molar-refractivity contribution in [2.45, 2.75) is 57.8 Å². The fourth-order valence-electron chi connectivity index (χ4n) is 3.78. The average Bonchev–Trinajstić information content (AvgIpc) is 2.45. The lowest BCUT2D eigenvalue weighted by Gasteiger charge is -2.35. The average molecular weight is 244 g/mol. The second-order valence-corrected chi connectivity index (χ2v) is 6.08. The zero-order chi connectivity index (χ0) is 12.6. The first-order chi connectivity index (χ1) is 8.90. The first kappa shape index (κ1) is 13.6. The van der Waals surface area contributed by atoms with E-state index in [0.717, 1.165) is 17.8 Å². The van der Waals surface area contributed by atoms with E-state index in [-0.39, 0.29) is 0 Å². The first-order valence-electron chi connectivity index (χ1n) is 7.86. The molecule has 2 fully saturated rings. The van der Waals surface area contributed by atoms with Crippen LogP contribution in [0.4, 0.5) is 0 Å². The Morgan fingerprint density at radius 1 is 0.667 bits per heavy atom. The molecule has 100 valence electrons. The summed E-state index contributed by atoms with van der Waals surface area (Å²) in [6.45, 7) is 3.69. The van der Waals surface area contributed by atoms with Gasteiger partial charge in [-0.1, -0.05) is 69.1 Å². The van der Waals surface area contributed by atoms with E-state index in [1.54, 1.807) is 0 Å². The van der Waals surface area contributed by atoms with Gasteiger partial charge in [-0.2, -0.15) is 0 Å². The van der Waals surface area contributed by atoms with Crippen molar-refractivity contribution in [2.75, 3.05) is 0 Å². The second kappa shape index (κ2) is 7.61. The highest BCUT2D eigenvalue weighted by Crippen LogP contribution is 2.40. The van der Waals surface area contributed by atoms with Crippen molar-refractivity contribution in [3.05, 3.63) is 37.0 Å². The molecule has 2 rings (SSSR count). The van der Waals surface area contributed by atoms with Crippen molar-refractivity contribution in [3.8, 4) is 0 Å². The molecular weight excluding hydrogens is 216 g/mol. The Morgan fingerprint density at radius 3 is 2.00 bits per heavy atom. The number of hydrogen-bond donors (Lipinski definition) is 0. The maximum Gasteiger partial charge on any atom is -0.0230 e. The summed E-state index contributed by atoms with van der Waals surface area (Å²) in [5.41, 5.74) is 0.